The predicted molar refractivity (Wildman–Crippen MR) is 65.4 cm³/mol. The highest BCUT2D eigenvalue weighted by Gasteiger charge is 2.33. The number of para-hydroxylation sites is 1. The lowest BCUT2D eigenvalue weighted by Gasteiger charge is -2.35. The number of nitrogens with two attached hydrogens (primary N) is 1. The van der Waals surface area contributed by atoms with Crippen LogP contribution in [-0.4, -0.2) is 24.4 Å². The molecular weight excluding hydrogens is 237 g/mol. The summed E-state index contributed by atoms with van der Waals surface area (Å²) in [5.74, 6) is -1.34. The fourth-order valence-electron chi connectivity index (χ4n) is 2.10. The number of rotatable bonds is 2. The average molecular weight is 251 g/mol. The van der Waals surface area contributed by atoms with Crippen molar-refractivity contribution in [3.05, 3.63) is 24.0 Å². The lowest BCUT2D eigenvalue weighted by Crippen LogP contribution is -2.58. The summed E-state index contributed by atoms with van der Waals surface area (Å²) < 4.78 is 13.4. The van der Waals surface area contributed by atoms with Crippen molar-refractivity contribution in [2.24, 2.45) is 0 Å². The quantitative estimate of drug-likeness (QED) is 0.597. The minimum absolute atomic E-state index is 0.00208. The molecule has 0 radical (unpaired) electrons. The van der Waals surface area contributed by atoms with Gasteiger partial charge in [-0.25, -0.2) is 4.39 Å². The second kappa shape index (κ2) is 4.64. The lowest BCUT2D eigenvalue weighted by atomic mass is 10.1. The van der Waals surface area contributed by atoms with Crippen LogP contribution in [-0.2, 0) is 9.59 Å². The molecule has 1 unspecified atom stereocenters. The number of nitrogens with zero attached hydrogens (tertiary/aromatic N) is 1. The zero-order valence-corrected chi connectivity index (χ0v) is 9.94. The molecule has 1 saturated heterocycles. The Morgan fingerprint density at radius 3 is 2.89 bits per heavy atom. The van der Waals surface area contributed by atoms with Crippen molar-refractivity contribution in [3.8, 4) is 0 Å². The number of imide groups is 1. The average Bonchev–Trinajstić information content (AvgIpc) is 2.32. The summed E-state index contributed by atoms with van der Waals surface area (Å²) in [7, 11) is 0. The Morgan fingerprint density at radius 1 is 1.50 bits per heavy atom. The zero-order valence-electron chi connectivity index (χ0n) is 9.94. The number of nitrogens with one attached hydrogen (secondary N) is 1. The Hall–Kier alpha value is -2.11. The van der Waals surface area contributed by atoms with Crippen molar-refractivity contribution in [3.63, 3.8) is 0 Å². The molecule has 96 valence electrons. The molecule has 1 aromatic rings. The second-order valence-electron chi connectivity index (χ2n) is 4.14. The molecule has 6 heteroatoms. The van der Waals surface area contributed by atoms with Gasteiger partial charge in [0.2, 0.25) is 11.8 Å². The number of hydrogen-bond donors (Lipinski definition) is 2. The van der Waals surface area contributed by atoms with Crippen molar-refractivity contribution in [2.75, 3.05) is 17.2 Å². The van der Waals surface area contributed by atoms with Crippen LogP contribution in [0.25, 0.3) is 0 Å². The van der Waals surface area contributed by atoms with Crippen LogP contribution in [0.5, 0.6) is 0 Å². The SMILES string of the molecule is CCC1C(=O)NC(=O)CN1c1cccc(F)c1N. The molecule has 1 atom stereocenters. The van der Waals surface area contributed by atoms with Gasteiger partial charge in [0.15, 0.2) is 0 Å². The van der Waals surface area contributed by atoms with Gasteiger partial charge in [0.25, 0.3) is 0 Å². The first-order valence-corrected chi connectivity index (χ1v) is 5.69. The first kappa shape index (κ1) is 12.3. The lowest BCUT2D eigenvalue weighted by molar-refractivity contribution is -0.132. The van der Waals surface area contributed by atoms with E-state index in [1.54, 1.807) is 11.0 Å². The fourth-order valence-corrected chi connectivity index (χ4v) is 2.10. The molecule has 3 N–H and O–H groups in total. The van der Waals surface area contributed by atoms with Gasteiger partial charge in [-0.3, -0.25) is 14.9 Å². The Bertz CT molecular complexity index is 504. The number of anilines is 2. The third-order valence-corrected chi connectivity index (χ3v) is 2.98. The first-order chi connectivity index (χ1) is 8.54. The molecule has 0 aliphatic carbocycles. The Kier molecular flexibility index (Phi) is 3.18. The predicted octanol–water partition coefficient (Wildman–Crippen LogP) is 0.649. The number of nitrogen functional groups attached to an aromatic ring is 1. The van der Waals surface area contributed by atoms with Crippen LogP contribution in [0.1, 0.15) is 13.3 Å². The zero-order chi connectivity index (χ0) is 13.3. The first-order valence-electron chi connectivity index (χ1n) is 5.69. The van der Waals surface area contributed by atoms with Gasteiger partial charge < -0.3 is 10.6 Å². The van der Waals surface area contributed by atoms with E-state index in [-0.39, 0.29) is 18.1 Å². The Balaban J connectivity index is 2.43. The van der Waals surface area contributed by atoms with Gasteiger partial charge in [0, 0.05) is 0 Å². The van der Waals surface area contributed by atoms with Gasteiger partial charge in [0.1, 0.15) is 11.9 Å². The number of hydrogen-bond acceptors (Lipinski definition) is 4. The van der Waals surface area contributed by atoms with Crippen molar-refractivity contribution >= 4 is 23.2 Å². The standard InChI is InChI=1S/C12H14FN3O2/c1-2-8-12(18)15-10(17)6-16(8)9-5-3-4-7(13)11(9)14/h3-5,8H,2,6,14H2,1H3,(H,15,17,18). The highest BCUT2D eigenvalue weighted by atomic mass is 19.1. The monoisotopic (exact) mass is 251 g/mol. The maximum Gasteiger partial charge on any atom is 0.249 e. The Labute approximate surface area is 104 Å². The summed E-state index contributed by atoms with van der Waals surface area (Å²) in [6.45, 7) is 1.82. The van der Waals surface area contributed by atoms with Gasteiger partial charge in [0.05, 0.1) is 17.9 Å². The molecule has 2 amide bonds. The minimum Gasteiger partial charge on any atom is -0.395 e. The van der Waals surface area contributed by atoms with Crippen LogP contribution in [0, 0.1) is 5.82 Å². The van der Waals surface area contributed by atoms with Crippen LogP contribution in [0.2, 0.25) is 0 Å². The molecular formula is C12H14FN3O2. The number of halogens is 1. The minimum atomic E-state index is -0.555. The number of piperazine rings is 1. The van der Waals surface area contributed by atoms with Crippen LogP contribution in [0.15, 0.2) is 18.2 Å². The topological polar surface area (TPSA) is 75.4 Å². The molecule has 0 spiro atoms. The van der Waals surface area contributed by atoms with Gasteiger partial charge in [-0.1, -0.05) is 13.0 Å². The van der Waals surface area contributed by atoms with Crippen LogP contribution < -0.4 is 16.0 Å². The molecule has 1 aliphatic rings. The number of benzene rings is 1. The maximum atomic E-state index is 13.4. The molecule has 0 bridgehead atoms. The smallest absolute Gasteiger partial charge is 0.249 e. The van der Waals surface area contributed by atoms with Crippen LogP contribution >= 0.6 is 0 Å². The van der Waals surface area contributed by atoms with Gasteiger partial charge >= 0.3 is 0 Å². The van der Waals surface area contributed by atoms with Crippen molar-refractivity contribution < 1.29 is 14.0 Å². The summed E-state index contributed by atoms with van der Waals surface area (Å²) in [6.07, 6.45) is 0.509. The molecule has 1 aromatic carbocycles. The largest absolute Gasteiger partial charge is 0.395 e. The molecule has 1 fully saturated rings. The summed E-state index contributed by atoms with van der Waals surface area (Å²) in [5, 5.41) is 2.26. The van der Waals surface area contributed by atoms with E-state index in [4.69, 9.17) is 5.73 Å². The molecule has 0 saturated carbocycles. The third kappa shape index (κ3) is 2.01. The summed E-state index contributed by atoms with van der Waals surface area (Å²) in [5.41, 5.74) is 6.00. The Morgan fingerprint density at radius 2 is 2.22 bits per heavy atom. The summed E-state index contributed by atoms with van der Waals surface area (Å²) >= 11 is 0. The molecule has 1 aliphatic heterocycles. The van der Waals surface area contributed by atoms with E-state index in [1.807, 2.05) is 6.92 Å². The van der Waals surface area contributed by atoms with E-state index in [9.17, 15) is 14.0 Å². The van der Waals surface area contributed by atoms with E-state index < -0.39 is 17.8 Å². The van der Waals surface area contributed by atoms with E-state index in [0.717, 1.165) is 0 Å². The second-order valence-corrected chi connectivity index (χ2v) is 4.14. The number of carbonyl (C=O) groups excluding carboxylic acids is 2. The molecule has 1 heterocycles. The normalized spacial score (nSPS) is 19.9. The highest BCUT2D eigenvalue weighted by molar-refractivity contribution is 6.05. The van der Waals surface area contributed by atoms with Crippen molar-refractivity contribution in [2.45, 2.75) is 19.4 Å². The van der Waals surface area contributed by atoms with Crippen molar-refractivity contribution in [1.29, 1.82) is 0 Å². The van der Waals surface area contributed by atoms with Gasteiger partial charge in [-0.05, 0) is 18.6 Å². The highest BCUT2D eigenvalue weighted by Crippen LogP contribution is 2.28. The van der Waals surface area contributed by atoms with E-state index in [1.165, 1.54) is 12.1 Å². The van der Waals surface area contributed by atoms with Gasteiger partial charge in [-0.15, -0.1) is 0 Å². The third-order valence-electron chi connectivity index (χ3n) is 2.98. The summed E-state index contributed by atoms with van der Waals surface area (Å²) in [4.78, 5) is 24.7. The molecule has 18 heavy (non-hydrogen) atoms. The number of carbonyl (C=O) groups is 2. The van der Waals surface area contributed by atoms with Crippen molar-refractivity contribution in [1.82, 2.24) is 5.32 Å². The van der Waals surface area contributed by atoms with E-state index >= 15 is 0 Å². The van der Waals surface area contributed by atoms with Crippen LogP contribution in [0.3, 0.4) is 0 Å². The number of amides is 2. The van der Waals surface area contributed by atoms with Crippen LogP contribution in [0.4, 0.5) is 15.8 Å². The maximum absolute atomic E-state index is 13.4. The molecule has 5 nitrogen and oxygen atoms in total. The molecule has 2 rings (SSSR count). The fraction of sp³-hybridized carbons (Fsp3) is 0.333. The summed E-state index contributed by atoms with van der Waals surface area (Å²) in [6, 6.07) is 3.84. The van der Waals surface area contributed by atoms with Gasteiger partial charge in [-0.2, -0.15) is 0 Å². The molecule has 0 aromatic heterocycles. The van der Waals surface area contributed by atoms with E-state index in [0.29, 0.717) is 12.1 Å². The van der Waals surface area contributed by atoms with E-state index in [2.05, 4.69) is 5.32 Å².